The second kappa shape index (κ2) is 7.20. The molecule has 0 saturated carbocycles. The fraction of sp³-hybridized carbons (Fsp3) is 0.188. The van der Waals surface area contributed by atoms with Gasteiger partial charge >= 0.3 is 10.1 Å². The molecule has 0 bridgehead atoms. The molecule has 0 aromatic heterocycles. The quantitative estimate of drug-likeness (QED) is 0.768. The molecule has 0 saturated heterocycles. The van der Waals surface area contributed by atoms with Crippen molar-refractivity contribution in [2.24, 2.45) is 0 Å². The van der Waals surface area contributed by atoms with Crippen molar-refractivity contribution in [3.63, 3.8) is 0 Å². The molecule has 0 aliphatic carbocycles. The van der Waals surface area contributed by atoms with Crippen LogP contribution in [0.3, 0.4) is 0 Å². The molecule has 22 heavy (non-hydrogen) atoms. The Balaban J connectivity index is 2.24. The van der Waals surface area contributed by atoms with Gasteiger partial charge in [0.15, 0.2) is 0 Å². The molecule has 0 aliphatic heterocycles. The van der Waals surface area contributed by atoms with Crippen LogP contribution in [-0.2, 0) is 14.4 Å². The van der Waals surface area contributed by atoms with Crippen LogP contribution in [0.4, 0.5) is 0 Å². The lowest BCUT2D eigenvalue weighted by molar-refractivity contribution is -0.0277. The monoisotopic (exact) mass is 319 g/mol. The van der Waals surface area contributed by atoms with Crippen LogP contribution in [0.25, 0.3) is 0 Å². The summed E-state index contributed by atoms with van der Waals surface area (Å²) < 4.78 is 29.5. The van der Waals surface area contributed by atoms with Gasteiger partial charge in [0, 0.05) is 5.56 Å². The highest BCUT2D eigenvalue weighted by atomic mass is 32.2. The first-order valence-corrected chi connectivity index (χ1v) is 8.32. The number of rotatable bonds is 6. The second-order valence-electron chi connectivity index (χ2n) is 4.61. The minimum absolute atomic E-state index is 0.0111. The maximum absolute atomic E-state index is 12.4. The van der Waals surface area contributed by atoms with Crippen molar-refractivity contribution in [1.29, 1.82) is 0 Å². The summed E-state index contributed by atoms with van der Waals surface area (Å²) in [4.78, 5) is 12.4. The molecular weight excluding hydrogens is 302 g/mol. The lowest BCUT2D eigenvalue weighted by Crippen LogP contribution is -2.34. The van der Waals surface area contributed by atoms with Gasteiger partial charge in [0.2, 0.25) is 0 Å². The standard InChI is InChI=1S/C16H17NO4S/c1-2-13-17(16(18)14-9-5-3-6-10-14)21-22(19,20)15-11-7-4-8-12-15/h3-12H,2,13H2,1H3. The van der Waals surface area contributed by atoms with Crippen LogP contribution in [0.1, 0.15) is 23.7 Å². The topological polar surface area (TPSA) is 63.7 Å². The summed E-state index contributed by atoms with van der Waals surface area (Å²) >= 11 is 0. The van der Waals surface area contributed by atoms with Gasteiger partial charge < -0.3 is 0 Å². The molecule has 0 atom stereocenters. The van der Waals surface area contributed by atoms with E-state index < -0.39 is 16.0 Å². The van der Waals surface area contributed by atoms with Gasteiger partial charge in [-0.15, -0.1) is 4.28 Å². The van der Waals surface area contributed by atoms with E-state index in [-0.39, 0.29) is 11.4 Å². The first-order valence-electron chi connectivity index (χ1n) is 6.91. The van der Waals surface area contributed by atoms with Gasteiger partial charge in [-0.2, -0.15) is 13.5 Å². The Morgan fingerprint density at radius 1 is 1.00 bits per heavy atom. The fourth-order valence-electron chi connectivity index (χ4n) is 1.85. The largest absolute Gasteiger partial charge is 0.317 e. The Kier molecular flexibility index (Phi) is 5.30. The van der Waals surface area contributed by atoms with Gasteiger partial charge in [0.05, 0.1) is 11.4 Å². The van der Waals surface area contributed by atoms with E-state index in [0.717, 1.165) is 5.06 Å². The lowest BCUT2D eigenvalue weighted by Gasteiger charge is -2.20. The number of carbonyl (C=O) groups excluding carboxylic acids is 1. The molecule has 0 aliphatic rings. The number of hydrogen-bond acceptors (Lipinski definition) is 4. The van der Waals surface area contributed by atoms with E-state index in [9.17, 15) is 13.2 Å². The van der Waals surface area contributed by atoms with E-state index in [4.69, 9.17) is 4.28 Å². The molecule has 0 fully saturated rings. The molecule has 6 heteroatoms. The van der Waals surface area contributed by atoms with Crippen molar-refractivity contribution in [3.05, 3.63) is 66.2 Å². The normalized spacial score (nSPS) is 11.1. The SMILES string of the molecule is CCCN(OS(=O)(=O)c1ccccc1)C(=O)c1ccccc1. The van der Waals surface area contributed by atoms with Crippen molar-refractivity contribution in [1.82, 2.24) is 5.06 Å². The zero-order valence-electron chi connectivity index (χ0n) is 12.2. The number of carbonyl (C=O) groups is 1. The summed E-state index contributed by atoms with van der Waals surface area (Å²) in [5, 5.41) is 0.887. The molecule has 2 rings (SSSR count). The summed E-state index contributed by atoms with van der Waals surface area (Å²) in [6.45, 7) is 2.02. The molecule has 0 spiro atoms. The van der Waals surface area contributed by atoms with Crippen LogP contribution < -0.4 is 0 Å². The maximum Gasteiger partial charge on any atom is 0.317 e. The van der Waals surface area contributed by atoms with Gasteiger partial charge in [-0.05, 0) is 30.7 Å². The number of amides is 1. The molecule has 116 valence electrons. The fourth-order valence-corrected chi connectivity index (χ4v) is 2.80. The minimum Gasteiger partial charge on any atom is -0.267 e. The van der Waals surface area contributed by atoms with E-state index in [1.54, 1.807) is 48.5 Å². The predicted molar refractivity (Wildman–Crippen MR) is 82.5 cm³/mol. The van der Waals surface area contributed by atoms with E-state index in [2.05, 4.69) is 0 Å². The van der Waals surface area contributed by atoms with Gasteiger partial charge in [0.1, 0.15) is 0 Å². The summed E-state index contributed by atoms with van der Waals surface area (Å²) in [6.07, 6.45) is 0.572. The molecule has 0 unspecified atom stereocenters. The van der Waals surface area contributed by atoms with Crippen LogP contribution in [0.15, 0.2) is 65.6 Å². The highest BCUT2D eigenvalue weighted by molar-refractivity contribution is 7.86. The van der Waals surface area contributed by atoms with E-state index in [1.165, 1.54) is 12.1 Å². The summed E-state index contributed by atoms with van der Waals surface area (Å²) in [5.41, 5.74) is 0.374. The van der Waals surface area contributed by atoms with Gasteiger partial charge in [0.25, 0.3) is 5.91 Å². The zero-order chi connectivity index (χ0) is 16.0. The number of nitrogens with zero attached hydrogens (tertiary/aromatic N) is 1. The van der Waals surface area contributed by atoms with Crippen LogP contribution in [0.2, 0.25) is 0 Å². The Bertz CT molecular complexity index is 714. The minimum atomic E-state index is -4.03. The third-order valence-electron chi connectivity index (χ3n) is 2.89. The molecule has 2 aromatic carbocycles. The van der Waals surface area contributed by atoms with Crippen molar-refractivity contribution in [2.75, 3.05) is 6.54 Å². The Morgan fingerprint density at radius 3 is 2.09 bits per heavy atom. The summed E-state index contributed by atoms with van der Waals surface area (Å²) in [6, 6.07) is 16.2. The highest BCUT2D eigenvalue weighted by Crippen LogP contribution is 2.15. The predicted octanol–water partition coefficient (Wildman–Crippen LogP) is 2.86. The van der Waals surface area contributed by atoms with Crippen molar-refractivity contribution in [3.8, 4) is 0 Å². The average Bonchev–Trinajstić information content (AvgIpc) is 2.55. The van der Waals surface area contributed by atoms with Crippen molar-refractivity contribution in [2.45, 2.75) is 18.2 Å². The van der Waals surface area contributed by atoms with Crippen molar-refractivity contribution >= 4 is 16.0 Å². The first-order chi connectivity index (χ1) is 10.5. The van der Waals surface area contributed by atoms with E-state index in [1.807, 2.05) is 6.92 Å². The average molecular weight is 319 g/mol. The Hall–Kier alpha value is -2.18. The molecule has 2 aromatic rings. The maximum atomic E-state index is 12.4. The molecule has 1 amide bonds. The summed E-state index contributed by atoms with van der Waals surface area (Å²) in [5.74, 6) is -0.484. The molecule has 0 heterocycles. The van der Waals surface area contributed by atoms with E-state index in [0.29, 0.717) is 12.0 Å². The zero-order valence-corrected chi connectivity index (χ0v) is 13.0. The van der Waals surface area contributed by atoms with Crippen LogP contribution in [0.5, 0.6) is 0 Å². The molecular formula is C16H17NO4S. The molecule has 0 N–H and O–H groups in total. The Labute approximate surface area is 130 Å². The van der Waals surface area contributed by atoms with Gasteiger partial charge in [-0.25, -0.2) is 0 Å². The van der Waals surface area contributed by atoms with E-state index >= 15 is 0 Å². The molecule has 0 radical (unpaired) electrons. The van der Waals surface area contributed by atoms with Crippen LogP contribution in [0, 0.1) is 0 Å². The van der Waals surface area contributed by atoms with Crippen molar-refractivity contribution < 1.29 is 17.5 Å². The number of hydrogen-bond donors (Lipinski definition) is 0. The smallest absolute Gasteiger partial charge is 0.267 e. The van der Waals surface area contributed by atoms with Gasteiger partial charge in [-0.3, -0.25) is 4.79 Å². The van der Waals surface area contributed by atoms with Crippen LogP contribution in [-0.4, -0.2) is 25.9 Å². The third kappa shape index (κ3) is 3.93. The Morgan fingerprint density at radius 2 is 1.55 bits per heavy atom. The van der Waals surface area contributed by atoms with Gasteiger partial charge in [-0.1, -0.05) is 43.3 Å². The first kappa shape index (κ1) is 16.2. The number of benzene rings is 2. The highest BCUT2D eigenvalue weighted by Gasteiger charge is 2.24. The molecule has 5 nitrogen and oxygen atoms in total. The lowest BCUT2D eigenvalue weighted by atomic mass is 10.2. The third-order valence-corrected chi connectivity index (χ3v) is 4.12. The summed E-state index contributed by atoms with van der Waals surface area (Å²) in [7, 11) is -4.03. The second-order valence-corrected chi connectivity index (χ2v) is 6.14. The van der Waals surface area contributed by atoms with Crippen LogP contribution >= 0.6 is 0 Å². The number of hydroxylamine groups is 2.